The maximum Gasteiger partial charge on any atom is 0.205 e. The number of ether oxygens (including phenoxy) is 2. The summed E-state index contributed by atoms with van der Waals surface area (Å²) >= 11 is 0. The summed E-state index contributed by atoms with van der Waals surface area (Å²) in [6.45, 7) is 3.12. The Labute approximate surface area is 123 Å². The summed E-state index contributed by atoms with van der Waals surface area (Å²) < 4.78 is 10.5. The normalized spacial score (nSPS) is 18.1. The topological polar surface area (TPSA) is 85.3 Å². The van der Waals surface area contributed by atoms with Crippen molar-refractivity contribution in [3.8, 4) is 11.8 Å². The summed E-state index contributed by atoms with van der Waals surface area (Å²) in [5, 5.41) is 9.37. The lowest BCUT2D eigenvalue weighted by molar-refractivity contribution is -0.114. The monoisotopic (exact) mass is 284 g/mol. The van der Waals surface area contributed by atoms with Crippen LogP contribution in [-0.4, -0.2) is 12.9 Å². The van der Waals surface area contributed by atoms with E-state index in [2.05, 4.69) is 0 Å². The van der Waals surface area contributed by atoms with Crippen LogP contribution in [0.25, 0.3) is 0 Å². The Morgan fingerprint density at radius 1 is 1.48 bits per heavy atom. The largest absolute Gasteiger partial charge is 0.497 e. The fourth-order valence-corrected chi connectivity index (χ4v) is 2.49. The predicted octanol–water partition coefficient (Wildman–Crippen LogP) is 2.37. The van der Waals surface area contributed by atoms with Gasteiger partial charge in [0.25, 0.3) is 0 Å². The Morgan fingerprint density at radius 2 is 2.19 bits per heavy atom. The van der Waals surface area contributed by atoms with Gasteiger partial charge in [-0.3, -0.25) is 4.79 Å². The molecule has 108 valence electrons. The molecule has 1 atom stereocenters. The van der Waals surface area contributed by atoms with Crippen LogP contribution in [0, 0.1) is 11.3 Å². The van der Waals surface area contributed by atoms with E-state index in [4.69, 9.17) is 15.2 Å². The van der Waals surface area contributed by atoms with Gasteiger partial charge in [-0.2, -0.15) is 5.26 Å². The van der Waals surface area contributed by atoms with Crippen LogP contribution in [-0.2, 0) is 9.53 Å². The summed E-state index contributed by atoms with van der Waals surface area (Å²) in [6.07, 6.45) is 0. The molecule has 0 radical (unpaired) electrons. The summed E-state index contributed by atoms with van der Waals surface area (Å²) in [5.41, 5.74) is 7.24. The fraction of sp³-hybridized carbons (Fsp3) is 0.250. The maximum atomic E-state index is 12.0. The van der Waals surface area contributed by atoms with Gasteiger partial charge in [-0.15, -0.1) is 0 Å². The van der Waals surface area contributed by atoms with Crippen LogP contribution < -0.4 is 10.5 Å². The molecule has 0 saturated carbocycles. The third-order valence-corrected chi connectivity index (χ3v) is 3.41. The zero-order valence-corrected chi connectivity index (χ0v) is 12.1. The maximum absolute atomic E-state index is 12.0. The van der Waals surface area contributed by atoms with Gasteiger partial charge in [0.05, 0.1) is 13.0 Å². The Morgan fingerprint density at radius 3 is 2.76 bits per heavy atom. The van der Waals surface area contributed by atoms with Crippen LogP contribution in [0.5, 0.6) is 5.75 Å². The van der Waals surface area contributed by atoms with Crippen LogP contribution in [0.3, 0.4) is 0 Å². The molecule has 0 unspecified atom stereocenters. The van der Waals surface area contributed by atoms with Crippen LogP contribution in [0.2, 0.25) is 0 Å². The molecule has 1 aromatic rings. The molecule has 5 nitrogen and oxygen atoms in total. The van der Waals surface area contributed by atoms with Gasteiger partial charge in [0, 0.05) is 5.57 Å². The van der Waals surface area contributed by atoms with E-state index in [1.165, 1.54) is 6.92 Å². The molecule has 0 aromatic heterocycles. The molecule has 5 heteroatoms. The van der Waals surface area contributed by atoms with Gasteiger partial charge in [0.1, 0.15) is 23.2 Å². The highest BCUT2D eigenvalue weighted by molar-refractivity contribution is 5.96. The minimum atomic E-state index is -0.531. The number of benzene rings is 1. The molecule has 21 heavy (non-hydrogen) atoms. The number of nitrogens with two attached hydrogens (primary N) is 1. The van der Waals surface area contributed by atoms with E-state index in [9.17, 15) is 10.1 Å². The molecule has 1 heterocycles. The minimum Gasteiger partial charge on any atom is -0.497 e. The highest BCUT2D eigenvalue weighted by atomic mass is 16.5. The number of hydrogen-bond acceptors (Lipinski definition) is 5. The van der Waals surface area contributed by atoms with Gasteiger partial charge < -0.3 is 15.2 Å². The smallest absolute Gasteiger partial charge is 0.205 e. The van der Waals surface area contributed by atoms with Crippen LogP contribution >= 0.6 is 0 Å². The van der Waals surface area contributed by atoms with Crippen molar-refractivity contribution in [3.05, 3.63) is 52.6 Å². The molecule has 1 aliphatic rings. The van der Waals surface area contributed by atoms with Crippen LogP contribution in [0.1, 0.15) is 25.3 Å². The van der Waals surface area contributed by atoms with E-state index >= 15 is 0 Å². The Hall–Kier alpha value is -2.74. The van der Waals surface area contributed by atoms with Gasteiger partial charge in [0.15, 0.2) is 5.78 Å². The van der Waals surface area contributed by atoms with E-state index < -0.39 is 5.92 Å². The number of carbonyl (C=O) groups is 1. The van der Waals surface area contributed by atoms with Crippen molar-refractivity contribution in [1.82, 2.24) is 0 Å². The van der Waals surface area contributed by atoms with Crippen LogP contribution in [0.15, 0.2) is 47.1 Å². The van der Waals surface area contributed by atoms with Gasteiger partial charge in [-0.05, 0) is 31.5 Å². The standard InChI is InChI=1S/C16H16N2O3/c1-9(19)14-10(2)21-16(18)13(8-17)15(14)11-5-4-6-12(7-11)20-3/h4-7,15H,18H2,1-3H3/t15-/m1/s1. The van der Waals surface area contributed by atoms with Gasteiger partial charge in [-0.1, -0.05) is 12.1 Å². The van der Waals surface area contributed by atoms with Gasteiger partial charge in [0.2, 0.25) is 5.88 Å². The molecule has 0 bridgehead atoms. The van der Waals surface area contributed by atoms with E-state index in [0.717, 1.165) is 5.56 Å². The molecule has 0 amide bonds. The first-order valence-corrected chi connectivity index (χ1v) is 6.42. The lowest BCUT2D eigenvalue weighted by atomic mass is 9.81. The van der Waals surface area contributed by atoms with Crippen molar-refractivity contribution < 1.29 is 14.3 Å². The van der Waals surface area contributed by atoms with Gasteiger partial charge >= 0.3 is 0 Å². The zero-order chi connectivity index (χ0) is 15.6. The lowest BCUT2D eigenvalue weighted by Crippen LogP contribution is -2.23. The van der Waals surface area contributed by atoms with E-state index in [1.54, 1.807) is 26.2 Å². The quantitative estimate of drug-likeness (QED) is 0.921. The summed E-state index contributed by atoms with van der Waals surface area (Å²) in [7, 11) is 1.56. The van der Waals surface area contributed by atoms with Crippen molar-refractivity contribution in [1.29, 1.82) is 5.26 Å². The predicted molar refractivity (Wildman–Crippen MR) is 77.0 cm³/mol. The lowest BCUT2D eigenvalue weighted by Gasteiger charge is -2.26. The molecule has 0 saturated heterocycles. The number of hydrogen-bond donors (Lipinski definition) is 1. The minimum absolute atomic E-state index is 0.0350. The molecular formula is C16H16N2O3. The average molecular weight is 284 g/mol. The molecule has 0 fully saturated rings. The summed E-state index contributed by atoms with van der Waals surface area (Å²) in [6, 6.07) is 9.27. The number of nitrogens with zero attached hydrogens (tertiary/aromatic N) is 1. The molecule has 1 aromatic carbocycles. The highest BCUT2D eigenvalue weighted by Gasteiger charge is 2.33. The highest BCUT2D eigenvalue weighted by Crippen LogP contribution is 2.40. The van der Waals surface area contributed by atoms with Crippen molar-refractivity contribution in [3.63, 3.8) is 0 Å². The second kappa shape index (κ2) is 5.71. The first kappa shape index (κ1) is 14.7. The molecule has 0 aliphatic carbocycles. The Balaban J connectivity index is 2.65. The van der Waals surface area contributed by atoms with Gasteiger partial charge in [-0.25, -0.2) is 0 Å². The van der Waals surface area contributed by atoms with Crippen LogP contribution in [0.4, 0.5) is 0 Å². The summed E-state index contributed by atoms with van der Waals surface area (Å²) in [5.74, 6) is 0.423. The van der Waals surface area contributed by atoms with E-state index in [-0.39, 0.29) is 17.2 Å². The SMILES string of the molecule is COc1cccc([C@@H]2C(C#N)=C(N)OC(C)=C2C(C)=O)c1. The molecule has 1 aliphatic heterocycles. The van der Waals surface area contributed by atoms with Crippen molar-refractivity contribution >= 4 is 5.78 Å². The third kappa shape index (κ3) is 2.61. The first-order valence-electron chi connectivity index (χ1n) is 6.42. The van der Waals surface area contributed by atoms with E-state index in [0.29, 0.717) is 17.1 Å². The van der Waals surface area contributed by atoms with Crippen molar-refractivity contribution in [2.24, 2.45) is 5.73 Å². The number of rotatable bonds is 3. The zero-order valence-electron chi connectivity index (χ0n) is 12.1. The van der Waals surface area contributed by atoms with E-state index in [1.807, 2.05) is 18.2 Å². The second-order valence-electron chi connectivity index (χ2n) is 4.73. The third-order valence-electron chi connectivity index (χ3n) is 3.41. The summed E-state index contributed by atoms with van der Waals surface area (Å²) in [4.78, 5) is 12.0. The Kier molecular flexibility index (Phi) is 3.99. The second-order valence-corrected chi connectivity index (χ2v) is 4.73. The fourth-order valence-electron chi connectivity index (χ4n) is 2.49. The number of carbonyl (C=O) groups excluding carboxylic acids is 1. The number of methoxy groups -OCH3 is 1. The number of nitriles is 1. The molecule has 2 rings (SSSR count). The average Bonchev–Trinajstić information content (AvgIpc) is 2.46. The Bertz CT molecular complexity index is 696. The van der Waals surface area contributed by atoms with Crippen molar-refractivity contribution in [2.45, 2.75) is 19.8 Å². The first-order chi connectivity index (χ1) is 9.99. The molecule has 2 N–H and O–H groups in total. The number of allylic oxidation sites excluding steroid dienone is 3. The number of Topliss-reactive ketones (excluding diaryl/α,β-unsaturated/α-hetero) is 1. The molecular weight excluding hydrogens is 268 g/mol. The molecule has 0 spiro atoms. The van der Waals surface area contributed by atoms with Crippen molar-refractivity contribution in [2.75, 3.05) is 7.11 Å². The number of ketones is 1.